The lowest BCUT2D eigenvalue weighted by Crippen LogP contribution is -2.25. The lowest BCUT2D eigenvalue weighted by atomic mass is 9.77. The number of aromatic nitrogens is 6. The second-order valence-electron chi connectivity index (χ2n) is 25.8. The normalized spacial score (nSPS) is 13.0. The molecule has 6 aromatic carbocycles. The first kappa shape index (κ1) is 90.6. The maximum Gasteiger partial charge on any atom is 0.149 e. The molecule has 0 fully saturated rings. The number of hydrogen-bond donors (Lipinski definition) is 9. The van der Waals surface area contributed by atoms with E-state index in [2.05, 4.69) is 96.8 Å². The summed E-state index contributed by atoms with van der Waals surface area (Å²) < 4.78 is 38.4. The molecule has 8 rings (SSSR count). The SMILES string of the molecule is C.C#CCO.Cc1cc(C(C)(C)c2ccc(OC[C@H](O)CN=[N+]=[N-])cc2)ccc1OC[C@H](O)CCl.Cc1cc(C(C)(C)c2ccc(OC[C@H](O)Cn3nnc(CO)c3[123I])cc2)ccc1OC[C@H](O)CCl.Cc1cc(C(C)(C)c2ccc(OC[C@H](O)Cn3nnc([123I])c3CO)cc2)ccc1OC[C@H](O)CCl. The summed E-state index contributed by atoms with van der Waals surface area (Å²) in [5, 5.41) is 104. The highest BCUT2D eigenvalue weighted by Crippen LogP contribution is 2.38. The average Bonchev–Trinajstić information content (AvgIpc) is 1.21. The minimum absolute atomic E-state index is 0. The van der Waals surface area contributed by atoms with Gasteiger partial charge in [-0.3, -0.25) is 0 Å². The van der Waals surface area contributed by atoms with E-state index in [-0.39, 0.29) is 120 Å². The number of hydrogen-bond acceptors (Lipinski definition) is 20. The Morgan fingerprint density at radius 2 is 0.800 bits per heavy atom. The van der Waals surface area contributed by atoms with Crippen LogP contribution in [0.15, 0.2) is 133 Å². The molecule has 0 saturated heterocycles. The van der Waals surface area contributed by atoms with Crippen molar-refractivity contribution in [1.29, 1.82) is 0 Å². The van der Waals surface area contributed by atoms with Gasteiger partial charge in [0.25, 0.3) is 0 Å². The van der Waals surface area contributed by atoms with Gasteiger partial charge in [-0.15, -0.1) is 51.4 Å². The minimum Gasteiger partial charge on any atom is -0.491 e. The molecular formula is C76H98Cl3I2N9O15. The van der Waals surface area contributed by atoms with Gasteiger partial charge in [-0.2, -0.15) is 0 Å². The van der Waals surface area contributed by atoms with E-state index in [9.17, 15) is 40.9 Å². The predicted octanol–water partition coefficient (Wildman–Crippen LogP) is 11.5. The summed E-state index contributed by atoms with van der Waals surface area (Å²) in [6.45, 7) is 19.4. The standard InChI is InChI=1S/2C25H31ClIN3O5.C22H28ClN3O4.C3H4O.CH4/c1-16-10-18(6-9-23(16)35-14-19(32)11-26)25(2,3)17-4-7-21(8-5-17)34-15-20(33)12-30-22(13-31)24(27)28-29-30;1-16-10-18(6-9-23(16)35-14-19(32)11-26)25(2,3)17-4-7-21(8-5-17)34-15-20(33)12-30-24(27)22(13-31)28-29-30;1-15-10-17(6-9-21(15)30-13-18(27)11-23)22(2,3)16-4-7-20(8-5-16)29-14-19(28)12-25-26-24;1-2-3-4;/h2*4-10,19-20,31-33H,11-15H2,1-3H3;4-10,18-19,27-28H,11-14H2,1-3H3;1,4H,3H2;1H4/t2*19-,20-;18-,19-;;/m111../s1/i2*27-4;;;. The molecule has 0 radical (unpaired) electrons. The zero-order valence-electron chi connectivity index (χ0n) is 59.7. The van der Waals surface area contributed by atoms with Crippen LogP contribution >= 0.6 is 80.0 Å². The van der Waals surface area contributed by atoms with Gasteiger partial charge in [-0.05, 0) is 176 Å². The number of azide groups is 1. The fraction of sp³-hybridized carbons (Fsp3) is 0.447. The molecule has 0 aliphatic heterocycles. The van der Waals surface area contributed by atoms with Gasteiger partial charge in [-0.1, -0.05) is 143 Å². The Hall–Kier alpha value is -6.76. The van der Waals surface area contributed by atoms with E-state index < -0.39 is 36.6 Å². The summed E-state index contributed by atoms with van der Waals surface area (Å²) in [5.41, 5.74) is 18.2. The largest absolute Gasteiger partial charge is 0.491 e. The van der Waals surface area contributed by atoms with E-state index in [1.54, 1.807) is 4.68 Å². The Balaban J connectivity index is 0.000000324. The van der Waals surface area contributed by atoms with Crippen LogP contribution in [0.25, 0.3) is 10.4 Å². The zero-order chi connectivity index (χ0) is 76.7. The van der Waals surface area contributed by atoms with Gasteiger partial charge in [0.2, 0.25) is 0 Å². The molecule has 0 spiro atoms. The van der Waals surface area contributed by atoms with E-state index in [0.717, 1.165) is 67.3 Å². The van der Waals surface area contributed by atoms with Crippen molar-refractivity contribution in [2.45, 2.75) is 149 Å². The molecule has 2 heterocycles. The number of terminal acetylenes is 1. The number of benzene rings is 6. The van der Waals surface area contributed by atoms with Gasteiger partial charge >= 0.3 is 0 Å². The molecule has 24 nitrogen and oxygen atoms in total. The first-order valence-electron chi connectivity index (χ1n) is 33.1. The number of halogens is 5. The highest BCUT2D eigenvalue weighted by Gasteiger charge is 2.28. The lowest BCUT2D eigenvalue weighted by Gasteiger charge is -2.27. The minimum atomic E-state index is -0.841. The highest BCUT2D eigenvalue weighted by molar-refractivity contribution is 14.1. The van der Waals surface area contributed by atoms with E-state index in [1.807, 2.05) is 181 Å². The molecule has 0 saturated carbocycles. The van der Waals surface area contributed by atoms with Crippen molar-refractivity contribution in [1.82, 2.24) is 30.0 Å². The summed E-state index contributed by atoms with van der Waals surface area (Å²) in [6.07, 6.45) is 0.0256. The van der Waals surface area contributed by atoms with E-state index in [1.165, 1.54) is 4.68 Å². The van der Waals surface area contributed by atoms with Crippen LogP contribution in [0.2, 0.25) is 0 Å². The fourth-order valence-electron chi connectivity index (χ4n) is 10.1. The molecule has 29 heteroatoms. The quantitative estimate of drug-likeness (QED) is 0.00445. The fourth-order valence-corrected chi connectivity index (χ4v) is 11.5. The molecule has 8 aromatic rings. The molecule has 0 bridgehead atoms. The molecule has 0 aliphatic carbocycles. The molecule has 2 aromatic heterocycles. The number of aliphatic hydroxyl groups excluding tert-OH is 9. The first-order chi connectivity index (χ1) is 49.5. The van der Waals surface area contributed by atoms with Gasteiger partial charge in [0.05, 0.1) is 62.3 Å². The Kier molecular flexibility index (Phi) is 39.0. The van der Waals surface area contributed by atoms with Crippen LogP contribution in [0.1, 0.15) is 110 Å². The summed E-state index contributed by atoms with van der Waals surface area (Å²) in [7, 11) is 0. The van der Waals surface area contributed by atoms with Crippen LogP contribution in [0.4, 0.5) is 0 Å². The average molecular weight is 1730 g/mol. The van der Waals surface area contributed by atoms with Crippen molar-refractivity contribution in [3.8, 4) is 46.8 Å². The van der Waals surface area contributed by atoms with Gasteiger partial charge in [0.1, 0.15) is 124 Å². The molecule has 0 unspecified atom stereocenters. The lowest BCUT2D eigenvalue weighted by molar-refractivity contribution is 0.0866. The monoisotopic (exact) mass is 1730 g/mol. The Morgan fingerprint density at radius 1 is 0.486 bits per heavy atom. The number of ether oxygens (including phenoxy) is 6. The van der Waals surface area contributed by atoms with Crippen molar-refractivity contribution in [2.75, 3.05) is 70.4 Å². The Morgan fingerprint density at radius 3 is 1.10 bits per heavy atom. The topological polar surface area (TPSA) is 348 Å². The van der Waals surface area contributed by atoms with Crippen LogP contribution in [-0.4, -0.2) is 183 Å². The maximum atomic E-state index is 10.3. The van der Waals surface area contributed by atoms with Gasteiger partial charge < -0.3 is 74.4 Å². The Bertz CT molecular complexity index is 3990. The van der Waals surface area contributed by atoms with Gasteiger partial charge in [0, 0.05) is 21.2 Å². The molecule has 105 heavy (non-hydrogen) atoms. The van der Waals surface area contributed by atoms with Crippen LogP contribution in [0, 0.1) is 40.5 Å². The van der Waals surface area contributed by atoms with Crippen LogP contribution in [-0.2, 0) is 42.5 Å². The number of aliphatic hydroxyl groups is 9. The number of aryl methyl sites for hydroxylation is 3. The predicted molar refractivity (Wildman–Crippen MR) is 424 cm³/mol. The molecule has 0 aliphatic rings. The summed E-state index contributed by atoms with van der Waals surface area (Å²) in [4.78, 5) is 2.62. The van der Waals surface area contributed by atoms with Crippen LogP contribution in [0.3, 0.4) is 0 Å². The summed E-state index contributed by atoms with van der Waals surface area (Å²) in [5.74, 6) is 6.50. The van der Waals surface area contributed by atoms with Gasteiger partial charge in [-0.25, -0.2) is 9.36 Å². The molecule has 0 amide bonds. The van der Waals surface area contributed by atoms with Crippen molar-refractivity contribution in [2.24, 2.45) is 5.11 Å². The van der Waals surface area contributed by atoms with Crippen molar-refractivity contribution in [3.63, 3.8) is 0 Å². The van der Waals surface area contributed by atoms with Crippen LogP contribution < -0.4 is 28.4 Å². The van der Waals surface area contributed by atoms with Crippen molar-refractivity contribution in [3.05, 3.63) is 207 Å². The number of alkyl halides is 3. The number of rotatable bonds is 35. The zero-order valence-corrected chi connectivity index (χ0v) is 66.2. The second-order valence-corrected chi connectivity index (χ2v) is 28.7. The second kappa shape index (κ2) is 45.1. The molecular weight excluding hydrogens is 1630 g/mol. The third kappa shape index (κ3) is 28.1. The van der Waals surface area contributed by atoms with Gasteiger partial charge in [0.15, 0.2) is 0 Å². The van der Waals surface area contributed by atoms with Crippen molar-refractivity contribution >= 4 is 80.0 Å². The third-order valence-corrected chi connectivity index (χ3v) is 19.7. The number of nitrogens with zero attached hydrogens (tertiary/aromatic N) is 9. The smallest absolute Gasteiger partial charge is 0.149 e. The first-order valence-corrected chi connectivity index (χ1v) is 36.9. The van der Waals surface area contributed by atoms with E-state index in [0.29, 0.717) is 36.0 Å². The highest BCUT2D eigenvalue weighted by atomic mass is 123. The summed E-state index contributed by atoms with van der Waals surface area (Å²) in [6, 6.07) is 41.4. The third-order valence-electron chi connectivity index (χ3n) is 16.6. The summed E-state index contributed by atoms with van der Waals surface area (Å²) >= 11 is 20.9. The Labute approximate surface area is 657 Å². The maximum absolute atomic E-state index is 10.3. The van der Waals surface area contributed by atoms with Crippen LogP contribution in [0.5, 0.6) is 34.5 Å². The van der Waals surface area contributed by atoms with E-state index in [4.69, 9.17) is 73.9 Å². The van der Waals surface area contributed by atoms with E-state index >= 15 is 0 Å². The molecule has 572 valence electrons. The molecule has 9 N–H and O–H groups in total. The van der Waals surface area contributed by atoms with Crippen molar-refractivity contribution < 1.29 is 74.4 Å². The molecule has 6 atom stereocenters.